The van der Waals surface area contributed by atoms with Crippen molar-refractivity contribution in [3.63, 3.8) is 0 Å². The van der Waals surface area contributed by atoms with Crippen LogP contribution in [0.2, 0.25) is 0 Å². The Bertz CT molecular complexity index is 1050. The summed E-state index contributed by atoms with van der Waals surface area (Å²) in [7, 11) is 0. The van der Waals surface area contributed by atoms with Crippen molar-refractivity contribution in [1.29, 1.82) is 0 Å². The number of thiophene rings is 1. The maximum absolute atomic E-state index is 13.0. The first-order chi connectivity index (χ1) is 13.3. The van der Waals surface area contributed by atoms with E-state index >= 15 is 0 Å². The molecule has 4 rings (SSSR count). The minimum Gasteiger partial charge on any atom is -0.317 e. The average Bonchev–Trinajstić information content (AvgIpc) is 3.18. The van der Waals surface area contributed by atoms with Crippen molar-refractivity contribution in [2.24, 2.45) is 0 Å². The summed E-state index contributed by atoms with van der Waals surface area (Å²) in [4.78, 5) is 19.7. The maximum atomic E-state index is 13.0. The Morgan fingerprint density at radius 2 is 2.11 bits per heavy atom. The number of anilines is 1. The van der Waals surface area contributed by atoms with Crippen molar-refractivity contribution in [2.45, 2.75) is 33.0 Å². The molecule has 1 aromatic carbocycles. The van der Waals surface area contributed by atoms with Crippen molar-refractivity contribution >= 4 is 43.8 Å². The summed E-state index contributed by atoms with van der Waals surface area (Å²) in [6, 6.07) is 3.64. The summed E-state index contributed by atoms with van der Waals surface area (Å²) >= 11 is 2.89. The van der Waals surface area contributed by atoms with E-state index < -0.39 is 11.7 Å². The first-order valence-corrected chi connectivity index (χ1v) is 10.5. The van der Waals surface area contributed by atoms with Gasteiger partial charge in [-0.1, -0.05) is 6.92 Å². The summed E-state index contributed by atoms with van der Waals surface area (Å²) in [6.07, 6.45) is -3.57. The number of likely N-dealkylation sites (N-methyl/N-ethyl adjacent to an activating group) is 1. The minimum atomic E-state index is -4.40. The second-order valence-corrected chi connectivity index (χ2v) is 8.84. The number of amides is 1. The number of thiazole rings is 1. The molecule has 3 aromatic rings. The van der Waals surface area contributed by atoms with Crippen LogP contribution in [0.5, 0.6) is 0 Å². The molecule has 28 heavy (non-hydrogen) atoms. The van der Waals surface area contributed by atoms with Gasteiger partial charge in [-0.15, -0.1) is 22.7 Å². The molecule has 0 spiro atoms. The molecule has 1 amide bonds. The van der Waals surface area contributed by atoms with Gasteiger partial charge in [0.1, 0.15) is 10.0 Å². The molecule has 0 aliphatic carbocycles. The van der Waals surface area contributed by atoms with E-state index in [-0.39, 0.29) is 5.91 Å². The predicted octanol–water partition coefficient (Wildman–Crippen LogP) is 5.38. The number of nitrogens with one attached hydrogen (secondary N) is 1. The average molecular weight is 426 g/mol. The second-order valence-electron chi connectivity index (χ2n) is 6.71. The van der Waals surface area contributed by atoms with Gasteiger partial charge in [0.25, 0.3) is 0 Å². The van der Waals surface area contributed by atoms with E-state index in [4.69, 9.17) is 0 Å². The highest BCUT2D eigenvalue weighted by atomic mass is 32.1. The monoisotopic (exact) mass is 425 g/mol. The SMILES string of the molecule is CCN1CCc2c(sc(NC(C)=O)c2-c2nc3cc(C(F)(F)F)ccc3s2)C1. The Morgan fingerprint density at radius 3 is 2.79 bits per heavy atom. The first kappa shape index (κ1) is 19.4. The largest absolute Gasteiger partial charge is 0.416 e. The van der Waals surface area contributed by atoms with E-state index in [0.717, 1.165) is 54.3 Å². The highest BCUT2D eigenvalue weighted by Crippen LogP contribution is 2.46. The van der Waals surface area contributed by atoms with Gasteiger partial charge in [-0.05, 0) is 36.7 Å². The van der Waals surface area contributed by atoms with Crippen LogP contribution in [0.15, 0.2) is 18.2 Å². The molecule has 0 fully saturated rings. The lowest BCUT2D eigenvalue weighted by molar-refractivity contribution is -0.137. The van der Waals surface area contributed by atoms with Crippen LogP contribution in [0.3, 0.4) is 0 Å². The van der Waals surface area contributed by atoms with Gasteiger partial charge in [0.2, 0.25) is 5.91 Å². The lowest BCUT2D eigenvalue weighted by Gasteiger charge is -2.25. The molecular weight excluding hydrogens is 407 g/mol. The molecule has 3 heterocycles. The number of aromatic nitrogens is 1. The third-order valence-electron chi connectivity index (χ3n) is 4.80. The molecule has 148 valence electrons. The number of alkyl halides is 3. The zero-order chi connectivity index (χ0) is 20.1. The van der Waals surface area contributed by atoms with Crippen molar-refractivity contribution in [1.82, 2.24) is 9.88 Å². The Labute approximate surface area is 168 Å². The van der Waals surface area contributed by atoms with Gasteiger partial charge in [0.15, 0.2) is 0 Å². The number of halogens is 3. The number of hydrogen-bond donors (Lipinski definition) is 1. The van der Waals surface area contributed by atoms with E-state index in [1.807, 2.05) is 0 Å². The number of rotatable bonds is 3. The summed E-state index contributed by atoms with van der Waals surface area (Å²) in [5, 5.41) is 4.27. The van der Waals surface area contributed by atoms with Gasteiger partial charge < -0.3 is 5.32 Å². The van der Waals surface area contributed by atoms with Crippen molar-refractivity contribution < 1.29 is 18.0 Å². The number of carbonyl (C=O) groups excluding carboxylic acids is 1. The predicted molar refractivity (Wildman–Crippen MR) is 107 cm³/mol. The van der Waals surface area contributed by atoms with Crippen molar-refractivity contribution in [3.05, 3.63) is 34.2 Å². The van der Waals surface area contributed by atoms with Crippen LogP contribution in [-0.4, -0.2) is 28.9 Å². The molecule has 1 aliphatic rings. The topological polar surface area (TPSA) is 45.2 Å². The number of benzene rings is 1. The Kier molecular flexibility index (Phi) is 4.93. The lowest BCUT2D eigenvalue weighted by Crippen LogP contribution is -2.29. The van der Waals surface area contributed by atoms with E-state index in [1.165, 1.54) is 40.5 Å². The normalized spacial score (nSPS) is 15.0. The molecule has 1 N–H and O–H groups in total. The summed E-state index contributed by atoms with van der Waals surface area (Å²) in [5.41, 5.74) is 1.63. The molecule has 0 unspecified atom stereocenters. The Balaban J connectivity index is 1.83. The molecule has 0 saturated carbocycles. The number of carbonyl (C=O) groups is 1. The van der Waals surface area contributed by atoms with E-state index in [9.17, 15) is 18.0 Å². The zero-order valence-electron chi connectivity index (χ0n) is 15.3. The van der Waals surface area contributed by atoms with E-state index in [2.05, 4.69) is 22.1 Å². The highest BCUT2D eigenvalue weighted by Gasteiger charge is 2.31. The molecule has 0 atom stereocenters. The smallest absolute Gasteiger partial charge is 0.317 e. The molecule has 1 aliphatic heterocycles. The van der Waals surface area contributed by atoms with Crippen LogP contribution >= 0.6 is 22.7 Å². The molecular formula is C19H18F3N3OS2. The van der Waals surface area contributed by atoms with E-state index in [0.29, 0.717) is 15.2 Å². The van der Waals surface area contributed by atoms with Crippen LogP contribution in [0.4, 0.5) is 18.2 Å². The third kappa shape index (κ3) is 3.54. The standard InChI is InChI=1S/C19H18F3N3OS2/c1-3-25-7-6-12-15(9-25)28-17(23-10(2)26)16(12)18-24-13-8-11(19(20,21)22)4-5-14(13)27-18/h4-5,8H,3,6-7,9H2,1-2H3,(H,23,26). The van der Waals surface area contributed by atoms with Gasteiger partial charge >= 0.3 is 6.18 Å². The van der Waals surface area contributed by atoms with Gasteiger partial charge in [-0.25, -0.2) is 4.98 Å². The third-order valence-corrected chi connectivity index (χ3v) is 6.99. The highest BCUT2D eigenvalue weighted by molar-refractivity contribution is 7.22. The summed E-state index contributed by atoms with van der Waals surface area (Å²) in [6.45, 7) is 6.24. The van der Waals surface area contributed by atoms with E-state index in [1.54, 1.807) is 0 Å². The summed E-state index contributed by atoms with van der Waals surface area (Å²) < 4.78 is 39.8. The fourth-order valence-electron chi connectivity index (χ4n) is 3.41. The lowest BCUT2D eigenvalue weighted by atomic mass is 10.0. The van der Waals surface area contributed by atoms with Gasteiger partial charge in [0, 0.05) is 30.5 Å². The van der Waals surface area contributed by atoms with Crippen LogP contribution < -0.4 is 5.32 Å². The summed E-state index contributed by atoms with van der Waals surface area (Å²) in [5.74, 6) is -0.173. The molecule has 0 radical (unpaired) electrons. The van der Waals surface area contributed by atoms with Crippen LogP contribution in [0.25, 0.3) is 20.8 Å². The molecule has 4 nitrogen and oxygen atoms in total. The van der Waals surface area contributed by atoms with Gasteiger partial charge in [-0.2, -0.15) is 13.2 Å². The van der Waals surface area contributed by atoms with Crippen LogP contribution in [0.1, 0.15) is 29.9 Å². The number of hydrogen-bond acceptors (Lipinski definition) is 5. The van der Waals surface area contributed by atoms with Crippen molar-refractivity contribution in [2.75, 3.05) is 18.4 Å². The fourth-order valence-corrected chi connectivity index (χ4v) is 5.84. The zero-order valence-corrected chi connectivity index (χ0v) is 16.9. The van der Waals surface area contributed by atoms with Crippen molar-refractivity contribution in [3.8, 4) is 10.6 Å². The molecule has 2 aromatic heterocycles. The second kappa shape index (κ2) is 7.13. The van der Waals surface area contributed by atoms with Crippen LogP contribution in [-0.2, 0) is 23.9 Å². The minimum absolute atomic E-state index is 0.173. The Morgan fingerprint density at radius 1 is 1.32 bits per heavy atom. The number of nitrogens with zero attached hydrogens (tertiary/aromatic N) is 2. The Hall–Kier alpha value is -1.97. The molecule has 9 heteroatoms. The van der Waals surface area contributed by atoms with Gasteiger partial charge in [-0.3, -0.25) is 9.69 Å². The quantitative estimate of drug-likeness (QED) is 0.613. The van der Waals surface area contributed by atoms with Gasteiger partial charge in [0.05, 0.1) is 15.8 Å². The molecule has 0 saturated heterocycles. The first-order valence-electron chi connectivity index (χ1n) is 8.89. The maximum Gasteiger partial charge on any atom is 0.416 e. The molecule has 0 bridgehead atoms. The fraction of sp³-hybridized carbons (Fsp3) is 0.368. The van der Waals surface area contributed by atoms with Crippen LogP contribution in [0, 0.1) is 0 Å². The number of fused-ring (bicyclic) bond motifs is 2.